The minimum absolute atomic E-state index is 0.107. The minimum Gasteiger partial charge on any atom is -0.480 e. The standard InChI is InChI=1S/C46H76NO14P/c1-3-4-5-6-7-8-9-10-11-12-13-14-15-16-25-30-44(52)58-35-42(36-59-62(56,57)60-37-43(47)46(54)55)61-45(53)34-33-41(51)32-31-40(50)29-24-20-19-23-28-39(49)27-22-18-17-21-26-38(2)48/h10-11,18-24,26,28-29,31-32,38-43,48-51H,3-9,12-17,25,27,30,33-37,47H2,1-2H3,(H,54,55)(H,56,57)/b11-10-,20-19+,22-18+,26-21-,28-23-,29-24+,32-31+. The number of esters is 2. The lowest BCUT2D eigenvalue weighted by Crippen LogP contribution is -2.34. The van der Waals surface area contributed by atoms with Crippen LogP contribution in [0.15, 0.2) is 85.1 Å². The molecule has 7 atom stereocenters. The van der Waals surface area contributed by atoms with Gasteiger partial charge in [-0.25, -0.2) is 4.57 Å². The van der Waals surface area contributed by atoms with Crippen LogP contribution < -0.4 is 5.73 Å². The van der Waals surface area contributed by atoms with Gasteiger partial charge in [-0.2, -0.15) is 0 Å². The number of phosphoric ester groups is 1. The van der Waals surface area contributed by atoms with Crippen molar-refractivity contribution in [1.29, 1.82) is 0 Å². The van der Waals surface area contributed by atoms with Gasteiger partial charge in [0, 0.05) is 12.8 Å². The highest BCUT2D eigenvalue weighted by molar-refractivity contribution is 7.47. The second kappa shape index (κ2) is 39.1. The van der Waals surface area contributed by atoms with Crippen LogP contribution in [0.1, 0.15) is 129 Å². The molecule has 0 spiro atoms. The fraction of sp³-hybridized carbons (Fsp3) is 0.630. The average molecular weight is 898 g/mol. The molecule has 62 heavy (non-hydrogen) atoms. The molecule has 0 radical (unpaired) electrons. The van der Waals surface area contributed by atoms with Gasteiger partial charge in [0.15, 0.2) is 6.10 Å². The molecule has 0 heterocycles. The quantitative estimate of drug-likeness (QED) is 0.0104. The molecule has 0 aromatic heterocycles. The number of carbonyl (C=O) groups excluding carboxylic acids is 2. The summed E-state index contributed by atoms with van der Waals surface area (Å²) < 4.78 is 32.4. The van der Waals surface area contributed by atoms with Gasteiger partial charge in [-0.3, -0.25) is 23.4 Å². The number of unbranched alkanes of at least 4 members (excludes halogenated alkanes) is 11. The second-order valence-electron chi connectivity index (χ2n) is 14.9. The number of aliphatic hydroxyl groups excluding tert-OH is 4. The van der Waals surface area contributed by atoms with E-state index >= 15 is 0 Å². The number of hydrogen-bond donors (Lipinski definition) is 7. The molecule has 7 unspecified atom stereocenters. The molecule has 0 rings (SSSR count). The Labute approximate surface area is 369 Å². The van der Waals surface area contributed by atoms with Crippen molar-refractivity contribution in [2.75, 3.05) is 19.8 Å². The van der Waals surface area contributed by atoms with Crippen LogP contribution in [-0.4, -0.2) is 105 Å². The van der Waals surface area contributed by atoms with Gasteiger partial charge >= 0.3 is 25.7 Å². The van der Waals surface area contributed by atoms with E-state index in [0.29, 0.717) is 19.3 Å². The van der Waals surface area contributed by atoms with Crippen LogP contribution in [0.4, 0.5) is 0 Å². The third-order valence-electron chi connectivity index (χ3n) is 8.91. The fourth-order valence-electron chi connectivity index (χ4n) is 5.35. The van der Waals surface area contributed by atoms with Gasteiger partial charge in [-0.05, 0) is 58.3 Å². The molecule has 16 heteroatoms. The maximum atomic E-state index is 12.7. The normalized spacial score (nSPS) is 16.5. The Bertz CT molecular complexity index is 1440. The first-order valence-electron chi connectivity index (χ1n) is 22.0. The first-order chi connectivity index (χ1) is 29.6. The van der Waals surface area contributed by atoms with Gasteiger partial charge in [-0.15, -0.1) is 0 Å². The number of nitrogens with two attached hydrogens (primary N) is 1. The molecule has 354 valence electrons. The molecule has 0 fully saturated rings. The van der Waals surface area contributed by atoms with E-state index in [1.807, 2.05) is 18.2 Å². The van der Waals surface area contributed by atoms with Gasteiger partial charge in [0.1, 0.15) is 12.6 Å². The zero-order valence-electron chi connectivity index (χ0n) is 36.9. The minimum atomic E-state index is -4.84. The number of carbonyl (C=O) groups is 3. The van der Waals surface area contributed by atoms with Crippen molar-refractivity contribution in [3.63, 3.8) is 0 Å². The number of carboxylic acids is 1. The van der Waals surface area contributed by atoms with Crippen LogP contribution in [-0.2, 0) is 37.5 Å². The van der Waals surface area contributed by atoms with E-state index in [-0.39, 0.29) is 19.3 Å². The molecule has 0 aromatic rings. The largest absolute Gasteiger partial charge is 0.480 e. The number of hydrogen-bond acceptors (Lipinski definition) is 13. The summed E-state index contributed by atoms with van der Waals surface area (Å²) in [4.78, 5) is 46.0. The summed E-state index contributed by atoms with van der Waals surface area (Å²) in [7, 11) is -4.84. The Hall–Kier alpha value is -3.50. The molecule has 0 saturated carbocycles. The third-order valence-corrected chi connectivity index (χ3v) is 9.86. The molecule has 0 amide bonds. The molecule has 0 saturated heterocycles. The number of ether oxygens (including phenoxy) is 2. The summed E-state index contributed by atoms with van der Waals surface area (Å²) in [6.45, 7) is 1.81. The highest BCUT2D eigenvalue weighted by Crippen LogP contribution is 2.43. The monoisotopic (exact) mass is 898 g/mol. The van der Waals surface area contributed by atoms with Gasteiger partial charge < -0.3 is 45.6 Å². The van der Waals surface area contributed by atoms with Crippen LogP contribution in [0.5, 0.6) is 0 Å². The molecule has 0 aliphatic rings. The van der Waals surface area contributed by atoms with E-state index < -0.39 is 82.1 Å². The summed E-state index contributed by atoms with van der Waals surface area (Å²) in [5.74, 6) is -2.87. The summed E-state index contributed by atoms with van der Waals surface area (Å²) in [5, 5.41) is 48.6. The van der Waals surface area contributed by atoms with Crippen molar-refractivity contribution >= 4 is 25.7 Å². The molecule has 8 N–H and O–H groups in total. The summed E-state index contributed by atoms with van der Waals surface area (Å²) in [5.41, 5.74) is 5.31. The predicted octanol–water partition coefficient (Wildman–Crippen LogP) is 7.39. The zero-order chi connectivity index (χ0) is 46.3. The second-order valence-corrected chi connectivity index (χ2v) is 16.4. The van der Waals surface area contributed by atoms with Gasteiger partial charge in [-0.1, -0.05) is 143 Å². The molecule has 0 aromatic carbocycles. The lowest BCUT2D eigenvalue weighted by molar-refractivity contribution is -0.161. The van der Waals surface area contributed by atoms with Crippen LogP contribution >= 0.6 is 7.82 Å². The Morgan fingerprint density at radius 1 is 0.645 bits per heavy atom. The molecule has 0 aliphatic carbocycles. The Kier molecular flexibility index (Phi) is 36.9. The van der Waals surface area contributed by atoms with Crippen molar-refractivity contribution in [2.45, 2.75) is 166 Å². The summed E-state index contributed by atoms with van der Waals surface area (Å²) in [6.07, 6.45) is 34.5. The smallest absolute Gasteiger partial charge is 0.472 e. The predicted molar refractivity (Wildman–Crippen MR) is 241 cm³/mol. The van der Waals surface area contributed by atoms with Crippen molar-refractivity contribution in [3.8, 4) is 0 Å². The van der Waals surface area contributed by atoms with E-state index in [9.17, 15) is 44.3 Å². The Balaban J connectivity index is 4.79. The first-order valence-corrected chi connectivity index (χ1v) is 23.5. The lowest BCUT2D eigenvalue weighted by atomic mass is 10.1. The molecular formula is C46H76NO14P. The van der Waals surface area contributed by atoms with Crippen molar-refractivity contribution < 1.29 is 67.9 Å². The molecule has 15 nitrogen and oxygen atoms in total. The number of carboxylic acid groups (broad SMARTS) is 1. The lowest BCUT2D eigenvalue weighted by Gasteiger charge is -2.20. The SMILES string of the molecule is CCCCCCCC/C=C\CCCCCCCC(=O)OCC(COP(=O)(O)OCC(N)C(=O)O)OC(=O)CCC(O)/C=C/C(O)/C=C/C=C/C=C\C(O)C/C=C/C/C=C\C(C)O. The van der Waals surface area contributed by atoms with Gasteiger partial charge in [0.05, 0.1) is 37.6 Å². The average Bonchev–Trinajstić information content (AvgIpc) is 3.23. The number of allylic oxidation sites excluding steroid dienone is 8. The topological polar surface area (TPSA) is 253 Å². The Morgan fingerprint density at radius 2 is 1.26 bits per heavy atom. The molecule has 0 bridgehead atoms. The van der Waals surface area contributed by atoms with Crippen molar-refractivity contribution in [2.24, 2.45) is 5.73 Å². The number of rotatable bonds is 39. The van der Waals surface area contributed by atoms with Gasteiger partial charge in [0.25, 0.3) is 0 Å². The maximum absolute atomic E-state index is 12.7. The highest BCUT2D eigenvalue weighted by Gasteiger charge is 2.28. The highest BCUT2D eigenvalue weighted by atomic mass is 31.2. The number of aliphatic hydroxyl groups is 4. The van der Waals surface area contributed by atoms with E-state index in [1.54, 1.807) is 43.4 Å². The fourth-order valence-corrected chi connectivity index (χ4v) is 6.13. The van der Waals surface area contributed by atoms with Crippen LogP contribution in [0.25, 0.3) is 0 Å². The number of phosphoric acid groups is 1. The van der Waals surface area contributed by atoms with Crippen LogP contribution in [0.2, 0.25) is 0 Å². The molecular weight excluding hydrogens is 821 g/mol. The van der Waals surface area contributed by atoms with E-state index in [1.165, 1.54) is 56.8 Å². The zero-order valence-corrected chi connectivity index (χ0v) is 37.8. The van der Waals surface area contributed by atoms with E-state index in [4.69, 9.17) is 24.8 Å². The maximum Gasteiger partial charge on any atom is 0.472 e. The van der Waals surface area contributed by atoms with Crippen molar-refractivity contribution in [1.82, 2.24) is 0 Å². The summed E-state index contributed by atoms with van der Waals surface area (Å²) >= 11 is 0. The van der Waals surface area contributed by atoms with E-state index in [2.05, 4.69) is 23.6 Å². The van der Waals surface area contributed by atoms with Crippen molar-refractivity contribution in [3.05, 3.63) is 85.1 Å². The third kappa shape index (κ3) is 39.4. The first kappa shape index (κ1) is 58.5. The number of aliphatic carboxylic acids is 1. The summed E-state index contributed by atoms with van der Waals surface area (Å²) in [6, 6.07) is -1.59. The van der Waals surface area contributed by atoms with Crippen LogP contribution in [0.3, 0.4) is 0 Å². The van der Waals surface area contributed by atoms with Gasteiger partial charge in [0.2, 0.25) is 0 Å². The Morgan fingerprint density at radius 3 is 1.90 bits per heavy atom. The molecule has 0 aliphatic heterocycles. The van der Waals surface area contributed by atoms with Crippen LogP contribution in [0, 0.1) is 0 Å². The van der Waals surface area contributed by atoms with E-state index in [0.717, 1.165) is 38.5 Å².